The molecule has 2 heterocycles. The van der Waals surface area contributed by atoms with Crippen molar-refractivity contribution in [2.75, 3.05) is 7.11 Å². The zero-order chi connectivity index (χ0) is 21.1. The predicted molar refractivity (Wildman–Crippen MR) is 113 cm³/mol. The normalized spacial score (nSPS) is 11.3. The van der Waals surface area contributed by atoms with Gasteiger partial charge in [-0.05, 0) is 55.0 Å². The summed E-state index contributed by atoms with van der Waals surface area (Å²) in [5, 5.41) is 10.8. The lowest BCUT2D eigenvalue weighted by molar-refractivity contribution is 0.0945. The molecule has 0 aliphatic carbocycles. The van der Waals surface area contributed by atoms with Gasteiger partial charge in [0.15, 0.2) is 0 Å². The van der Waals surface area contributed by atoms with Gasteiger partial charge in [-0.2, -0.15) is 5.10 Å². The number of nitrogens with zero attached hydrogens (tertiary/aromatic N) is 1. The van der Waals surface area contributed by atoms with E-state index in [-0.39, 0.29) is 18.3 Å². The molecular weight excluding hydrogens is 385 g/mol. The fourth-order valence-electron chi connectivity index (χ4n) is 3.21. The second-order valence-electron chi connectivity index (χ2n) is 6.76. The Kier molecular flexibility index (Phi) is 5.34. The second kappa shape index (κ2) is 8.24. The van der Waals surface area contributed by atoms with Crippen molar-refractivity contribution in [1.29, 1.82) is 0 Å². The molecule has 0 radical (unpaired) electrons. The molecule has 4 aromatic rings. The lowest BCUT2D eigenvalue weighted by atomic mass is 10.1. The molecular formula is C23H20FN3O3. The Hall–Kier alpha value is -3.87. The number of benzene rings is 2. The van der Waals surface area contributed by atoms with E-state index in [9.17, 15) is 9.18 Å². The zero-order valence-corrected chi connectivity index (χ0v) is 16.5. The summed E-state index contributed by atoms with van der Waals surface area (Å²) < 4.78 is 24.2. The molecule has 0 fully saturated rings. The molecule has 2 aromatic carbocycles. The fraction of sp³-hybridized carbons (Fsp3) is 0.130. The molecule has 0 aliphatic heterocycles. The minimum Gasteiger partial charge on any atom is -0.495 e. The first-order valence-electron chi connectivity index (χ1n) is 9.37. The second-order valence-corrected chi connectivity index (χ2v) is 6.76. The number of ether oxygens (including phenoxy) is 1. The highest BCUT2D eigenvalue weighted by Crippen LogP contribution is 2.32. The molecule has 7 heteroatoms. The van der Waals surface area contributed by atoms with Crippen LogP contribution in [0.5, 0.6) is 5.75 Å². The monoisotopic (exact) mass is 405 g/mol. The third-order valence-corrected chi connectivity index (χ3v) is 4.68. The smallest absolute Gasteiger partial charge is 0.255 e. The number of aromatic nitrogens is 2. The van der Waals surface area contributed by atoms with Crippen LogP contribution >= 0.6 is 0 Å². The Bertz CT molecular complexity index is 1220. The number of furan rings is 1. The summed E-state index contributed by atoms with van der Waals surface area (Å²) in [5.41, 5.74) is 2.58. The van der Waals surface area contributed by atoms with Crippen LogP contribution in [0, 0.1) is 12.7 Å². The largest absolute Gasteiger partial charge is 0.495 e. The van der Waals surface area contributed by atoms with E-state index in [1.807, 2.05) is 25.1 Å². The zero-order valence-electron chi connectivity index (χ0n) is 16.5. The molecule has 4 rings (SSSR count). The maximum absolute atomic E-state index is 13.1. The SMILES string of the molecule is COc1c(C(=O)NCc2ccc(C)o2)ccc2[nH]nc(/C=C/c3ccc(F)cc3)c12. The van der Waals surface area contributed by atoms with Gasteiger partial charge in [0.1, 0.15) is 23.1 Å². The van der Waals surface area contributed by atoms with Crippen molar-refractivity contribution in [3.8, 4) is 5.75 Å². The number of amides is 1. The highest BCUT2D eigenvalue weighted by atomic mass is 19.1. The summed E-state index contributed by atoms with van der Waals surface area (Å²) in [5.74, 6) is 1.31. The standard InChI is InChI=1S/C23H20FN3O3/c1-14-3-9-17(30-14)13-25-23(28)18-10-12-20-21(22(18)29-2)19(26-27-20)11-6-15-4-7-16(24)8-5-15/h3-12H,13H2,1-2H3,(H,25,28)(H,26,27)/b11-6+. The van der Waals surface area contributed by atoms with Crippen LogP contribution in [0.25, 0.3) is 23.1 Å². The van der Waals surface area contributed by atoms with E-state index in [1.165, 1.54) is 19.2 Å². The molecule has 2 N–H and O–H groups in total. The van der Waals surface area contributed by atoms with Crippen molar-refractivity contribution >= 4 is 29.0 Å². The molecule has 0 unspecified atom stereocenters. The van der Waals surface area contributed by atoms with Gasteiger partial charge >= 0.3 is 0 Å². The number of fused-ring (bicyclic) bond motifs is 1. The number of nitrogens with one attached hydrogen (secondary N) is 2. The number of aryl methyl sites for hydroxylation is 1. The van der Waals surface area contributed by atoms with Crippen molar-refractivity contribution in [2.45, 2.75) is 13.5 Å². The van der Waals surface area contributed by atoms with Gasteiger partial charge in [0.2, 0.25) is 0 Å². The Morgan fingerprint density at radius 3 is 2.67 bits per heavy atom. The molecule has 2 aromatic heterocycles. The predicted octanol–water partition coefficient (Wildman–Crippen LogP) is 4.71. The average molecular weight is 405 g/mol. The molecule has 0 saturated carbocycles. The van der Waals surface area contributed by atoms with Crippen LogP contribution in [0.15, 0.2) is 52.9 Å². The molecule has 0 atom stereocenters. The van der Waals surface area contributed by atoms with E-state index in [1.54, 1.807) is 30.3 Å². The first-order valence-corrected chi connectivity index (χ1v) is 9.37. The van der Waals surface area contributed by atoms with Gasteiger partial charge in [-0.1, -0.05) is 18.2 Å². The first-order chi connectivity index (χ1) is 14.5. The fourth-order valence-corrected chi connectivity index (χ4v) is 3.21. The number of H-pyrrole nitrogens is 1. The third kappa shape index (κ3) is 3.96. The average Bonchev–Trinajstić information content (AvgIpc) is 3.36. The van der Waals surface area contributed by atoms with Crippen molar-refractivity contribution < 1.29 is 18.3 Å². The van der Waals surface area contributed by atoms with Crippen molar-refractivity contribution in [3.63, 3.8) is 0 Å². The summed E-state index contributed by atoms with van der Waals surface area (Å²) in [6.45, 7) is 2.12. The number of halogens is 1. The summed E-state index contributed by atoms with van der Waals surface area (Å²) in [4.78, 5) is 12.8. The Balaban J connectivity index is 1.63. The van der Waals surface area contributed by atoms with E-state index in [2.05, 4.69) is 15.5 Å². The highest BCUT2D eigenvalue weighted by Gasteiger charge is 2.19. The minimum atomic E-state index is -0.292. The van der Waals surface area contributed by atoms with E-state index in [4.69, 9.17) is 9.15 Å². The number of methoxy groups -OCH3 is 1. The van der Waals surface area contributed by atoms with Crippen LogP contribution < -0.4 is 10.1 Å². The number of aromatic amines is 1. The van der Waals surface area contributed by atoms with Crippen LogP contribution in [0.2, 0.25) is 0 Å². The maximum Gasteiger partial charge on any atom is 0.255 e. The first kappa shape index (κ1) is 19.4. The van der Waals surface area contributed by atoms with Crippen LogP contribution in [0.4, 0.5) is 4.39 Å². The molecule has 6 nitrogen and oxygen atoms in total. The van der Waals surface area contributed by atoms with Gasteiger partial charge in [0, 0.05) is 0 Å². The third-order valence-electron chi connectivity index (χ3n) is 4.68. The summed E-state index contributed by atoms with van der Waals surface area (Å²) >= 11 is 0. The lowest BCUT2D eigenvalue weighted by Gasteiger charge is -2.10. The van der Waals surface area contributed by atoms with Gasteiger partial charge < -0.3 is 14.5 Å². The molecule has 0 bridgehead atoms. The van der Waals surface area contributed by atoms with Crippen LogP contribution in [0.3, 0.4) is 0 Å². The summed E-state index contributed by atoms with van der Waals surface area (Å²) in [7, 11) is 1.52. The van der Waals surface area contributed by atoms with Gasteiger partial charge in [-0.15, -0.1) is 0 Å². The van der Waals surface area contributed by atoms with Crippen LogP contribution in [-0.4, -0.2) is 23.2 Å². The van der Waals surface area contributed by atoms with Crippen molar-refractivity contribution in [3.05, 3.63) is 82.7 Å². The summed E-state index contributed by atoms with van der Waals surface area (Å²) in [6, 6.07) is 13.3. The van der Waals surface area contributed by atoms with E-state index < -0.39 is 0 Å². The van der Waals surface area contributed by atoms with Gasteiger partial charge in [-0.25, -0.2) is 4.39 Å². The van der Waals surface area contributed by atoms with Gasteiger partial charge in [-0.3, -0.25) is 9.89 Å². The molecule has 0 saturated heterocycles. The Labute approximate surface area is 172 Å². The van der Waals surface area contributed by atoms with Crippen LogP contribution in [0.1, 0.15) is 33.1 Å². The number of rotatable bonds is 6. The van der Waals surface area contributed by atoms with Crippen molar-refractivity contribution in [2.24, 2.45) is 0 Å². The molecule has 1 amide bonds. The van der Waals surface area contributed by atoms with E-state index in [0.29, 0.717) is 28.2 Å². The van der Waals surface area contributed by atoms with Gasteiger partial charge in [0.25, 0.3) is 5.91 Å². The highest BCUT2D eigenvalue weighted by molar-refractivity contribution is 6.05. The molecule has 0 spiro atoms. The molecule has 0 aliphatic rings. The summed E-state index contributed by atoms with van der Waals surface area (Å²) in [6.07, 6.45) is 3.61. The van der Waals surface area contributed by atoms with Crippen molar-refractivity contribution in [1.82, 2.24) is 15.5 Å². The topological polar surface area (TPSA) is 80.1 Å². The number of hydrogen-bond acceptors (Lipinski definition) is 4. The molecule has 30 heavy (non-hydrogen) atoms. The number of hydrogen-bond donors (Lipinski definition) is 2. The molecule has 152 valence electrons. The number of carbonyl (C=O) groups excluding carboxylic acids is 1. The maximum atomic E-state index is 13.1. The Morgan fingerprint density at radius 2 is 1.97 bits per heavy atom. The Morgan fingerprint density at radius 1 is 1.17 bits per heavy atom. The lowest BCUT2D eigenvalue weighted by Crippen LogP contribution is -2.23. The van der Waals surface area contributed by atoms with E-state index >= 15 is 0 Å². The van der Waals surface area contributed by atoms with Gasteiger partial charge in [0.05, 0.1) is 35.8 Å². The minimum absolute atomic E-state index is 0.274. The van der Waals surface area contributed by atoms with Crippen LogP contribution in [-0.2, 0) is 6.54 Å². The van der Waals surface area contributed by atoms with E-state index in [0.717, 1.165) is 16.8 Å². The quantitative estimate of drug-likeness (QED) is 0.487. The number of carbonyl (C=O) groups is 1.